The summed E-state index contributed by atoms with van der Waals surface area (Å²) in [5.74, 6) is -0.0710. The van der Waals surface area contributed by atoms with Gasteiger partial charge in [-0.05, 0) is 24.5 Å². The summed E-state index contributed by atoms with van der Waals surface area (Å²) in [6.07, 6.45) is 0.484. The third-order valence-electron chi connectivity index (χ3n) is 4.48. The van der Waals surface area contributed by atoms with E-state index in [1.165, 1.54) is 0 Å². The molecule has 0 saturated carbocycles. The topological polar surface area (TPSA) is 87.7 Å². The molecule has 1 fully saturated rings. The second-order valence-corrected chi connectivity index (χ2v) is 6.31. The van der Waals surface area contributed by atoms with Gasteiger partial charge in [0.05, 0.1) is 6.54 Å². The van der Waals surface area contributed by atoms with Gasteiger partial charge >= 0.3 is 6.03 Å². The van der Waals surface area contributed by atoms with E-state index in [9.17, 15) is 14.4 Å². The maximum atomic E-state index is 12.6. The molecule has 1 saturated heterocycles. The molecule has 1 aromatic rings. The van der Waals surface area contributed by atoms with E-state index in [0.717, 1.165) is 10.6 Å². The molecule has 1 unspecified atom stereocenters. The van der Waals surface area contributed by atoms with E-state index >= 15 is 0 Å². The van der Waals surface area contributed by atoms with E-state index in [2.05, 4.69) is 10.6 Å². The van der Waals surface area contributed by atoms with Gasteiger partial charge in [0.15, 0.2) is 0 Å². The lowest BCUT2D eigenvalue weighted by Gasteiger charge is -2.29. The minimum absolute atomic E-state index is 0.0544. The smallest absolute Gasteiger partial charge is 0.325 e. The molecule has 2 rings (SSSR count). The van der Waals surface area contributed by atoms with Gasteiger partial charge in [-0.25, -0.2) is 4.79 Å². The van der Waals surface area contributed by atoms with Crippen molar-refractivity contribution in [2.45, 2.75) is 32.7 Å². The normalized spacial score (nSPS) is 19.9. The monoisotopic (exact) mass is 347 g/mol. The first-order valence-corrected chi connectivity index (χ1v) is 8.49. The zero-order chi connectivity index (χ0) is 18.4. The summed E-state index contributed by atoms with van der Waals surface area (Å²) >= 11 is 0. The van der Waals surface area contributed by atoms with Crippen LogP contribution in [0.3, 0.4) is 0 Å². The van der Waals surface area contributed by atoms with Crippen molar-refractivity contribution >= 4 is 17.8 Å². The van der Waals surface area contributed by atoms with Crippen LogP contribution < -0.4 is 15.4 Å². The van der Waals surface area contributed by atoms with Gasteiger partial charge in [0, 0.05) is 0 Å². The molecule has 2 N–H and O–H groups in total. The molecule has 4 amide bonds. The van der Waals surface area contributed by atoms with Crippen molar-refractivity contribution in [2.24, 2.45) is 5.92 Å². The van der Waals surface area contributed by atoms with E-state index in [4.69, 9.17) is 4.74 Å². The molecule has 0 radical (unpaired) electrons. The summed E-state index contributed by atoms with van der Waals surface area (Å²) in [4.78, 5) is 37.7. The molecule has 1 atom stereocenters. The number of hydrogen-bond acceptors (Lipinski definition) is 4. The first-order chi connectivity index (χ1) is 11.9. The average Bonchev–Trinajstić information content (AvgIpc) is 2.85. The number of ether oxygens (including phenoxy) is 1. The Morgan fingerprint density at radius 1 is 1.28 bits per heavy atom. The Morgan fingerprint density at radius 3 is 2.52 bits per heavy atom. The Labute approximate surface area is 147 Å². The Kier molecular flexibility index (Phi) is 6.01. The zero-order valence-corrected chi connectivity index (χ0v) is 14.9. The minimum atomic E-state index is -0.923. The van der Waals surface area contributed by atoms with Crippen molar-refractivity contribution in [3.63, 3.8) is 0 Å². The van der Waals surface area contributed by atoms with Crippen LogP contribution in [0.25, 0.3) is 0 Å². The number of nitrogens with zero attached hydrogens (tertiary/aromatic N) is 1. The second-order valence-electron chi connectivity index (χ2n) is 6.31. The van der Waals surface area contributed by atoms with Gasteiger partial charge in [-0.2, -0.15) is 0 Å². The summed E-state index contributed by atoms with van der Waals surface area (Å²) in [5.41, 5.74) is -0.923. The number of amides is 4. The van der Waals surface area contributed by atoms with Crippen LogP contribution >= 0.6 is 0 Å². The zero-order valence-electron chi connectivity index (χ0n) is 14.9. The molecule has 7 nitrogen and oxygen atoms in total. The van der Waals surface area contributed by atoms with Crippen molar-refractivity contribution in [1.29, 1.82) is 0 Å². The van der Waals surface area contributed by atoms with Gasteiger partial charge in [0.25, 0.3) is 5.91 Å². The fraction of sp³-hybridized carbons (Fsp3) is 0.500. The van der Waals surface area contributed by atoms with Gasteiger partial charge in [0.1, 0.15) is 24.4 Å². The lowest BCUT2D eigenvalue weighted by Crippen LogP contribution is -2.51. The van der Waals surface area contributed by atoms with Crippen LogP contribution in [0.2, 0.25) is 0 Å². The molecule has 0 bridgehead atoms. The lowest BCUT2D eigenvalue weighted by atomic mass is 9.84. The first-order valence-electron chi connectivity index (χ1n) is 8.49. The van der Waals surface area contributed by atoms with E-state index in [-0.39, 0.29) is 18.4 Å². The van der Waals surface area contributed by atoms with Crippen LogP contribution in [-0.4, -0.2) is 48.0 Å². The number of imide groups is 1. The number of carbonyl (C=O) groups is 3. The quantitative estimate of drug-likeness (QED) is 0.551. The highest BCUT2D eigenvalue weighted by Gasteiger charge is 2.52. The number of carbonyl (C=O) groups excluding carboxylic acids is 3. The van der Waals surface area contributed by atoms with Crippen LogP contribution in [-0.2, 0) is 9.59 Å². The summed E-state index contributed by atoms with van der Waals surface area (Å²) in [6, 6.07) is 8.74. The van der Waals surface area contributed by atoms with Crippen LogP contribution in [0.15, 0.2) is 30.3 Å². The van der Waals surface area contributed by atoms with Crippen molar-refractivity contribution in [1.82, 2.24) is 15.5 Å². The highest BCUT2D eigenvalue weighted by Crippen LogP contribution is 2.28. The molecule has 25 heavy (non-hydrogen) atoms. The van der Waals surface area contributed by atoms with E-state index < -0.39 is 17.5 Å². The molecule has 0 aromatic heterocycles. The number of para-hydroxylation sites is 1. The lowest BCUT2D eigenvalue weighted by molar-refractivity contribution is -0.136. The number of nitrogens with one attached hydrogen (secondary N) is 2. The van der Waals surface area contributed by atoms with E-state index in [1.807, 2.05) is 51.1 Å². The largest absolute Gasteiger partial charge is 0.492 e. The van der Waals surface area contributed by atoms with Gasteiger partial charge in [0.2, 0.25) is 5.91 Å². The maximum absolute atomic E-state index is 12.6. The SMILES string of the molecule is CCC1(C(C)C)NC(=O)N(CC(=O)NCCOc2ccccc2)C1=O. The predicted molar refractivity (Wildman–Crippen MR) is 93.1 cm³/mol. The molecule has 7 heteroatoms. The van der Waals surface area contributed by atoms with Gasteiger partial charge in [-0.1, -0.05) is 39.0 Å². The van der Waals surface area contributed by atoms with Gasteiger partial charge < -0.3 is 15.4 Å². The predicted octanol–water partition coefficient (Wildman–Crippen LogP) is 1.54. The Balaban J connectivity index is 1.82. The fourth-order valence-corrected chi connectivity index (χ4v) is 2.90. The van der Waals surface area contributed by atoms with Gasteiger partial charge in [-0.15, -0.1) is 0 Å². The Morgan fingerprint density at radius 2 is 1.96 bits per heavy atom. The summed E-state index contributed by atoms with van der Waals surface area (Å²) < 4.78 is 5.48. The van der Waals surface area contributed by atoms with Crippen molar-refractivity contribution in [3.8, 4) is 5.75 Å². The van der Waals surface area contributed by atoms with Crippen LogP contribution in [0, 0.1) is 5.92 Å². The molecule has 1 heterocycles. The molecule has 0 aliphatic carbocycles. The molecule has 1 aromatic carbocycles. The van der Waals surface area contributed by atoms with Crippen molar-refractivity contribution < 1.29 is 19.1 Å². The molecule has 0 spiro atoms. The van der Waals surface area contributed by atoms with Crippen molar-refractivity contribution in [3.05, 3.63) is 30.3 Å². The summed E-state index contributed by atoms with van der Waals surface area (Å²) in [7, 11) is 0. The molecule has 1 aliphatic heterocycles. The van der Waals surface area contributed by atoms with Crippen LogP contribution in [0.5, 0.6) is 5.75 Å². The summed E-state index contributed by atoms with van der Waals surface area (Å²) in [5, 5.41) is 5.40. The molecular formula is C18H25N3O4. The average molecular weight is 347 g/mol. The highest BCUT2D eigenvalue weighted by molar-refractivity contribution is 6.09. The Bertz CT molecular complexity index is 632. The van der Waals surface area contributed by atoms with E-state index in [0.29, 0.717) is 19.6 Å². The molecular weight excluding hydrogens is 322 g/mol. The summed E-state index contributed by atoms with van der Waals surface area (Å²) in [6.45, 7) is 5.92. The molecule has 136 valence electrons. The standard InChI is InChI=1S/C18H25N3O4/c1-4-18(13(2)3)16(23)21(17(24)20-18)12-15(22)19-10-11-25-14-8-6-5-7-9-14/h5-9,13H,4,10-12H2,1-3H3,(H,19,22)(H,20,24). The Hall–Kier alpha value is -2.57. The number of benzene rings is 1. The van der Waals surface area contributed by atoms with Crippen molar-refractivity contribution in [2.75, 3.05) is 19.7 Å². The molecule has 1 aliphatic rings. The fourth-order valence-electron chi connectivity index (χ4n) is 2.90. The number of rotatable bonds is 8. The third-order valence-corrected chi connectivity index (χ3v) is 4.48. The first kappa shape index (κ1) is 18.8. The van der Waals surface area contributed by atoms with E-state index in [1.54, 1.807) is 0 Å². The van der Waals surface area contributed by atoms with Crippen LogP contribution in [0.1, 0.15) is 27.2 Å². The van der Waals surface area contributed by atoms with Crippen LogP contribution in [0.4, 0.5) is 4.79 Å². The second kappa shape index (κ2) is 8.00. The minimum Gasteiger partial charge on any atom is -0.492 e. The van der Waals surface area contributed by atoms with Gasteiger partial charge in [-0.3, -0.25) is 14.5 Å². The maximum Gasteiger partial charge on any atom is 0.325 e. The highest BCUT2D eigenvalue weighted by atomic mass is 16.5. The number of hydrogen-bond donors (Lipinski definition) is 2. The third kappa shape index (κ3) is 4.10. The number of urea groups is 1.